The maximum Gasteiger partial charge on any atom is 0.0732 e. The summed E-state index contributed by atoms with van der Waals surface area (Å²) in [5.41, 5.74) is 16.1. The summed E-state index contributed by atoms with van der Waals surface area (Å²) in [6.07, 6.45) is 0. The van der Waals surface area contributed by atoms with Crippen molar-refractivity contribution in [1.82, 2.24) is 0 Å². The van der Waals surface area contributed by atoms with Crippen LogP contribution in [0.2, 0.25) is 0 Å². The van der Waals surface area contributed by atoms with Gasteiger partial charge in [-0.2, -0.15) is 0 Å². The van der Waals surface area contributed by atoms with E-state index in [-0.39, 0.29) is 0 Å². The van der Waals surface area contributed by atoms with Crippen molar-refractivity contribution in [3.8, 4) is 33.4 Å². The van der Waals surface area contributed by atoms with Gasteiger partial charge in [-0.05, 0) is 103 Å². The lowest BCUT2D eigenvalue weighted by atomic mass is 9.69. The number of nitrogens with zero attached hydrogens (tertiary/aromatic N) is 1. The van der Waals surface area contributed by atoms with Gasteiger partial charge in [-0.3, -0.25) is 0 Å². The molecule has 12 rings (SSSR count). The molecule has 0 N–H and O–H groups in total. The Morgan fingerprint density at radius 1 is 0.382 bits per heavy atom. The Morgan fingerprint density at radius 2 is 0.982 bits per heavy atom. The molecule has 1 unspecified atom stereocenters. The third-order valence-corrected chi connectivity index (χ3v) is 13.3. The first-order valence-electron chi connectivity index (χ1n) is 19.0. The minimum Gasteiger partial charge on any atom is -0.309 e. The van der Waals surface area contributed by atoms with Gasteiger partial charge < -0.3 is 4.90 Å². The third kappa shape index (κ3) is 4.23. The Hall–Kier alpha value is -6.74. The van der Waals surface area contributed by atoms with Crippen molar-refractivity contribution in [3.05, 3.63) is 222 Å². The van der Waals surface area contributed by atoms with Gasteiger partial charge in [-0.1, -0.05) is 164 Å². The lowest BCUT2D eigenvalue weighted by Crippen LogP contribution is -2.26. The lowest BCUT2D eigenvalue weighted by Gasteiger charge is -2.33. The second kappa shape index (κ2) is 11.6. The minimum atomic E-state index is -0.471. The van der Waals surface area contributed by atoms with E-state index in [0.29, 0.717) is 0 Å². The first kappa shape index (κ1) is 30.7. The molecule has 2 aliphatic carbocycles. The van der Waals surface area contributed by atoms with Crippen LogP contribution in [0.3, 0.4) is 0 Å². The molecule has 0 aliphatic heterocycles. The molecule has 10 aromatic rings. The Balaban J connectivity index is 1.16. The van der Waals surface area contributed by atoms with Gasteiger partial charge in [0.05, 0.1) is 15.8 Å². The second-order valence-corrected chi connectivity index (χ2v) is 15.8. The van der Waals surface area contributed by atoms with Gasteiger partial charge in [0.2, 0.25) is 0 Å². The van der Waals surface area contributed by atoms with Gasteiger partial charge in [0.25, 0.3) is 0 Å². The number of hydrogen-bond acceptors (Lipinski definition) is 2. The van der Waals surface area contributed by atoms with Gasteiger partial charge in [-0.15, -0.1) is 11.3 Å². The average molecular weight is 716 g/mol. The molecule has 9 aromatic carbocycles. The van der Waals surface area contributed by atoms with Gasteiger partial charge in [-0.25, -0.2) is 0 Å². The molecule has 1 heterocycles. The van der Waals surface area contributed by atoms with Crippen LogP contribution in [0, 0.1) is 0 Å². The average Bonchev–Trinajstić information content (AvgIpc) is 3.89. The first-order chi connectivity index (χ1) is 27.3. The zero-order chi connectivity index (χ0) is 36.1. The zero-order valence-corrected chi connectivity index (χ0v) is 30.7. The standard InChI is InChI=1S/C53H33NS/c1-2-13-34(14-3-1)35-25-28-37(29-26-35)54(49-23-12-20-45-43-19-8-11-24-50(43)55-52(45)49)38-30-32-42-40-17-6-9-21-46(40)53(48(42)33-38)47-22-10-7-18-41(47)44-31-27-36-15-4-5-16-39(36)51(44)53/h1-33H. The van der Waals surface area contributed by atoms with Crippen LogP contribution in [0.1, 0.15) is 22.3 Å². The molecule has 2 aliphatic rings. The van der Waals surface area contributed by atoms with Gasteiger partial charge in [0.15, 0.2) is 0 Å². The maximum atomic E-state index is 2.51. The van der Waals surface area contributed by atoms with Crippen LogP contribution < -0.4 is 4.90 Å². The quantitative estimate of drug-likeness (QED) is 0.175. The molecule has 55 heavy (non-hydrogen) atoms. The van der Waals surface area contributed by atoms with Crippen molar-refractivity contribution < 1.29 is 0 Å². The molecule has 1 spiro atoms. The fourth-order valence-corrected chi connectivity index (χ4v) is 11.0. The summed E-state index contributed by atoms with van der Waals surface area (Å²) in [7, 11) is 0. The zero-order valence-electron chi connectivity index (χ0n) is 29.9. The maximum absolute atomic E-state index is 2.51. The predicted molar refractivity (Wildman–Crippen MR) is 233 cm³/mol. The van der Waals surface area contributed by atoms with E-state index in [9.17, 15) is 0 Å². The van der Waals surface area contributed by atoms with Crippen LogP contribution in [0.25, 0.3) is 64.3 Å². The third-order valence-electron chi connectivity index (χ3n) is 12.1. The fourth-order valence-electron chi connectivity index (χ4n) is 9.81. The number of thiophene rings is 1. The lowest BCUT2D eigenvalue weighted by molar-refractivity contribution is 0.801. The minimum absolute atomic E-state index is 0.471. The van der Waals surface area contributed by atoms with Crippen molar-refractivity contribution in [3.63, 3.8) is 0 Å². The van der Waals surface area contributed by atoms with Crippen LogP contribution in [-0.4, -0.2) is 0 Å². The van der Waals surface area contributed by atoms with E-state index >= 15 is 0 Å². The molecule has 0 radical (unpaired) electrons. The summed E-state index contributed by atoms with van der Waals surface area (Å²) in [5.74, 6) is 0. The van der Waals surface area contributed by atoms with Crippen LogP contribution in [0.15, 0.2) is 200 Å². The highest BCUT2D eigenvalue weighted by molar-refractivity contribution is 7.26. The molecule has 256 valence electrons. The number of rotatable bonds is 4. The largest absolute Gasteiger partial charge is 0.309 e. The predicted octanol–water partition coefficient (Wildman–Crippen LogP) is 14.7. The van der Waals surface area contributed by atoms with Crippen LogP contribution in [0.4, 0.5) is 17.1 Å². The van der Waals surface area contributed by atoms with Crippen LogP contribution in [-0.2, 0) is 5.41 Å². The van der Waals surface area contributed by atoms with Gasteiger partial charge in [0.1, 0.15) is 0 Å². The number of fused-ring (bicyclic) bond motifs is 15. The second-order valence-electron chi connectivity index (χ2n) is 14.8. The molecule has 0 fully saturated rings. The molecule has 0 saturated carbocycles. The smallest absolute Gasteiger partial charge is 0.0732 e. The highest BCUT2D eigenvalue weighted by Gasteiger charge is 2.52. The van der Waals surface area contributed by atoms with E-state index in [1.54, 1.807) is 0 Å². The highest BCUT2D eigenvalue weighted by Crippen LogP contribution is 2.64. The molecule has 1 nitrogen and oxygen atoms in total. The van der Waals surface area contributed by atoms with Crippen molar-refractivity contribution in [1.29, 1.82) is 0 Å². The normalized spacial score (nSPS) is 15.0. The number of anilines is 3. The molecule has 1 atom stereocenters. The van der Waals surface area contributed by atoms with Crippen molar-refractivity contribution in [2.75, 3.05) is 4.90 Å². The molecule has 2 heteroatoms. The van der Waals surface area contributed by atoms with Gasteiger partial charge >= 0.3 is 0 Å². The van der Waals surface area contributed by atoms with Crippen molar-refractivity contribution in [2.45, 2.75) is 5.41 Å². The van der Waals surface area contributed by atoms with E-state index in [1.165, 1.54) is 92.3 Å². The molecular formula is C53H33NS. The molecular weight excluding hydrogens is 683 g/mol. The van der Waals surface area contributed by atoms with Gasteiger partial charge in [0, 0.05) is 26.8 Å². The molecule has 1 aromatic heterocycles. The highest BCUT2D eigenvalue weighted by atomic mass is 32.1. The van der Waals surface area contributed by atoms with Crippen LogP contribution >= 0.6 is 11.3 Å². The molecule has 0 amide bonds. The first-order valence-corrected chi connectivity index (χ1v) is 19.8. The Morgan fingerprint density at radius 3 is 1.80 bits per heavy atom. The number of hydrogen-bond donors (Lipinski definition) is 0. The summed E-state index contributed by atoms with van der Waals surface area (Å²) in [4.78, 5) is 2.49. The van der Waals surface area contributed by atoms with E-state index in [4.69, 9.17) is 0 Å². The van der Waals surface area contributed by atoms with Crippen molar-refractivity contribution >= 4 is 59.3 Å². The SMILES string of the molecule is c1ccc(-c2ccc(N(c3ccc4c(c3)C3(c5ccccc5-4)c4ccccc4-c4ccc5ccccc5c43)c3cccc4c3sc3ccccc34)cc2)cc1. The monoisotopic (exact) mass is 715 g/mol. The van der Waals surface area contributed by atoms with E-state index in [1.807, 2.05) is 11.3 Å². The molecule has 0 saturated heterocycles. The van der Waals surface area contributed by atoms with E-state index < -0.39 is 5.41 Å². The summed E-state index contributed by atoms with van der Waals surface area (Å²) >= 11 is 1.88. The van der Waals surface area contributed by atoms with E-state index in [0.717, 1.165) is 11.4 Å². The topological polar surface area (TPSA) is 3.24 Å². The number of benzene rings is 9. The summed E-state index contributed by atoms with van der Waals surface area (Å²) in [6.45, 7) is 0. The summed E-state index contributed by atoms with van der Waals surface area (Å²) in [5, 5.41) is 5.18. The van der Waals surface area contributed by atoms with Crippen molar-refractivity contribution in [2.24, 2.45) is 0 Å². The Kier molecular flexibility index (Phi) is 6.49. The van der Waals surface area contributed by atoms with Crippen LogP contribution in [0.5, 0.6) is 0 Å². The molecule has 0 bridgehead atoms. The summed E-state index contributed by atoms with van der Waals surface area (Å²) in [6, 6.07) is 74.5. The Bertz CT molecular complexity index is 3140. The van der Waals surface area contributed by atoms with E-state index in [2.05, 4.69) is 205 Å². The summed E-state index contributed by atoms with van der Waals surface area (Å²) < 4.78 is 2.59. The fraction of sp³-hybridized carbons (Fsp3) is 0.0189. The Labute approximate surface area is 324 Å².